The summed E-state index contributed by atoms with van der Waals surface area (Å²) in [7, 11) is 0. The molecule has 78 valence electrons. The van der Waals surface area contributed by atoms with Crippen molar-refractivity contribution in [3.8, 4) is 0 Å². The molecule has 0 bridgehead atoms. The number of halogens is 3. The quantitative estimate of drug-likeness (QED) is 0.762. The Morgan fingerprint density at radius 1 is 1.50 bits per heavy atom. The van der Waals surface area contributed by atoms with Gasteiger partial charge < -0.3 is 5.73 Å². The molecular formula is C9H10F3NS. The third-order valence-corrected chi connectivity index (χ3v) is 2.89. The molecule has 0 aliphatic heterocycles. The van der Waals surface area contributed by atoms with E-state index < -0.39 is 17.8 Å². The number of hydrogen-bond donors (Lipinski definition) is 1. The molecule has 1 atom stereocenters. The predicted octanol–water partition coefficient (Wildman–Crippen LogP) is 3.17. The molecule has 0 radical (unpaired) electrons. The summed E-state index contributed by atoms with van der Waals surface area (Å²) in [5.74, 6) is 0. The van der Waals surface area contributed by atoms with Crippen LogP contribution in [0.4, 0.5) is 13.2 Å². The molecule has 1 aromatic rings. The minimum Gasteiger partial charge on any atom is -0.320 e. The van der Waals surface area contributed by atoms with E-state index in [2.05, 4.69) is 6.58 Å². The van der Waals surface area contributed by atoms with Gasteiger partial charge in [-0.1, -0.05) is 6.58 Å². The number of hydrogen-bond acceptors (Lipinski definition) is 2. The predicted molar refractivity (Wildman–Crippen MR) is 51.2 cm³/mol. The van der Waals surface area contributed by atoms with E-state index in [0.717, 1.165) is 4.88 Å². The standard InChI is InChI=1S/C9H10F3NS/c1-5-3-4-7(14-5)8(13)6(2)9(10,11)12/h3-4,8H,2,13H2,1H3. The fourth-order valence-corrected chi connectivity index (χ4v) is 1.88. The summed E-state index contributed by atoms with van der Waals surface area (Å²) in [6, 6.07) is 2.19. The smallest absolute Gasteiger partial charge is 0.320 e. The molecule has 14 heavy (non-hydrogen) atoms. The van der Waals surface area contributed by atoms with E-state index in [1.807, 2.05) is 6.92 Å². The van der Waals surface area contributed by atoms with Gasteiger partial charge in [0.05, 0.1) is 6.04 Å². The van der Waals surface area contributed by atoms with Gasteiger partial charge in [-0.3, -0.25) is 0 Å². The molecule has 0 spiro atoms. The van der Waals surface area contributed by atoms with Crippen LogP contribution in [0.2, 0.25) is 0 Å². The molecule has 1 rings (SSSR count). The van der Waals surface area contributed by atoms with Crippen LogP contribution in [0.25, 0.3) is 0 Å². The molecule has 0 aliphatic rings. The van der Waals surface area contributed by atoms with Crippen LogP contribution in [-0.2, 0) is 0 Å². The van der Waals surface area contributed by atoms with Crippen molar-refractivity contribution in [2.24, 2.45) is 5.73 Å². The van der Waals surface area contributed by atoms with Crippen LogP contribution >= 0.6 is 11.3 Å². The van der Waals surface area contributed by atoms with Gasteiger partial charge in [0.1, 0.15) is 0 Å². The molecular weight excluding hydrogens is 211 g/mol. The van der Waals surface area contributed by atoms with Gasteiger partial charge in [0.25, 0.3) is 0 Å². The monoisotopic (exact) mass is 221 g/mol. The lowest BCUT2D eigenvalue weighted by Crippen LogP contribution is -2.22. The summed E-state index contributed by atoms with van der Waals surface area (Å²) in [5, 5.41) is 0. The second-order valence-electron chi connectivity index (χ2n) is 2.95. The van der Waals surface area contributed by atoms with Crippen LogP contribution in [0.1, 0.15) is 15.8 Å². The highest BCUT2D eigenvalue weighted by atomic mass is 32.1. The summed E-state index contributed by atoms with van der Waals surface area (Å²) in [6.07, 6.45) is -4.42. The van der Waals surface area contributed by atoms with Crippen LogP contribution in [0, 0.1) is 6.92 Å². The van der Waals surface area contributed by atoms with Gasteiger partial charge in [-0.2, -0.15) is 13.2 Å². The lowest BCUT2D eigenvalue weighted by molar-refractivity contribution is -0.0951. The molecule has 2 N–H and O–H groups in total. The zero-order valence-electron chi connectivity index (χ0n) is 7.56. The average molecular weight is 221 g/mol. The van der Waals surface area contributed by atoms with Gasteiger partial charge in [-0.05, 0) is 19.1 Å². The van der Waals surface area contributed by atoms with Gasteiger partial charge in [0.15, 0.2) is 0 Å². The van der Waals surface area contributed by atoms with E-state index in [-0.39, 0.29) is 0 Å². The second kappa shape index (κ2) is 3.74. The number of aryl methyl sites for hydroxylation is 1. The van der Waals surface area contributed by atoms with Crippen molar-refractivity contribution >= 4 is 11.3 Å². The first-order valence-corrected chi connectivity index (χ1v) is 4.72. The molecule has 0 amide bonds. The Hall–Kier alpha value is -0.810. The molecule has 0 saturated carbocycles. The minimum absolute atomic E-state index is 0.491. The second-order valence-corrected chi connectivity index (χ2v) is 4.27. The van der Waals surface area contributed by atoms with Crippen molar-refractivity contribution < 1.29 is 13.2 Å². The van der Waals surface area contributed by atoms with Gasteiger partial charge in [0, 0.05) is 15.3 Å². The summed E-state index contributed by atoms with van der Waals surface area (Å²) < 4.78 is 36.7. The van der Waals surface area contributed by atoms with Crippen LogP contribution in [-0.4, -0.2) is 6.18 Å². The Kier molecular flexibility index (Phi) is 3.01. The highest BCUT2D eigenvalue weighted by Gasteiger charge is 2.36. The highest BCUT2D eigenvalue weighted by molar-refractivity contribution is 7.12. The van der Waals surface area contributed by atoms with Crippen LogP contribution in [0.3, 0.4) is 0 Å². The zero-order valence-corrected chi connectivity index (χ0v) is 8.38. The Balaban J connectivity index is 2.86. The van der Waals surface area contributed by atoms with Gasteiger partial charge in [-0.25, -0.2) is 0 Å². The fourth-order valence-electron chi connectivity index (χ4n) is 0.969. The van der Waals surface area contributed by atoms with E-state index in [4.69, 9.17) is 5.73 Å². The number of alkyl halides is 3. The minimum atomic E-state index is -4.42. The van der Waals surface area contributed by atoms with Crippen molar-refractivity contribution in [2.45, 2.75) is 19.1 Å². The molecule has 0 fully saturated rings. The number of thiophene rings is 1. The maximum Gasteiger partial charge on any atom is 0.413 e. The summed E-state index contributed by atoms with van der Waals surface area (Å²) in [4.78, 5) is 1.43. The van der Waals surface area contributed by atoms with E-state index >= 15 is 0 Å². The Morgan fingerprint density at radius 3 is 2.43 bits per heavy atom. The molecule has 0 aromatic carbocycles. The van der Waals surface area contributed by atoms with Crippen molar-refractivity contribution in [1.82, 2.24) is 0 Å². The first-order valence-electron chi connectivity index (χ1n) is 3.90. The van der Waals surface area contributed by atoms with E-state index in [9.17, 15) is 13.2 Å². The number of rotatable bonds is 2. The Labute approximate surface area is 84.0 Å². The normalized spacial score (nSPS) is 14.1. The van der Waals surface area contributed by atoms with Crippen molar-refractivity contribution in [3.05, 3.63) is 34.0 Å². The van der Waals surface area contributed by atoms with E-state index in [1.165, 1.54) is 11.3 Å². The molecule has 0 saturated heterocycles. The van der Waals surface area contributed by atoms with Crippen molar-refractivity contribution in [1.29, 1.82) is 0 Å². The SMILES string of the molecule is C=C(C(N)c1ccc(C)s1)C(F)(F)F. The summed E-state index contributed by atoms with van der Waals surface area (Å²) >= 11 is 1.25. The van der Waals surface area contributed by atoms with Gasteiger partial charge in [-0.15, -0.1) is 11.3 Å². The van der Waals surface area contributed by atoms with Crippen molar-refractivity contribution in [2.75, 3.05) is 0 Å². The third kappa shape index (κ3) is 2.36. The molecule has 1 nitrogen and oxygen atoms in total. The van der Waals surface area contributed by atoms with E-state index in [1.54, 1.807) is 12.1 Å². The highest BCUT2D eigenvalue weighted by Crippen LogP contribution is 2.35. The van der Waals surface area contributed by atoms with Crippen LogP contribution in [0.15, 0.2) is 24.3 Å². The molecule has 1 unspecified atom stereocenters. The maximum atomic E-state index is 12.2. The lowest BCUT2D eigenvalue weighted by atomic mass is 10.1. The Bertz CT molecular complexity index is 340. The van der Waals surface area contributed by atoms with Crippen molar-refractivity contribution in [3.63, 3.8) is 0 Å². The number of nitrogens with two attached hydrogens (primary N) is 1. The molecule has 5 heteroatoms. The zero-order chi connectivity index (χ0) is 10.9. The van der Waals surface area contributed by atoms with Crippen LogP contribution in [0.5, 0.6) is 0 Å². The molecule has 1 aromatic heterocycles. The lowest BCUT2D eigenvalue weighted by Gasteiger charge is -2.15. The van der Waals surface area contributed by atoms with E-state index in [0.29, 0.717) is 4.88 Å². The largest absolute Gasteiger partial charge is 0.413 e. The van der Waals surface area contributed by atoms with Crippen LogP contribution < -0.4 is 5.73 Å². The maximum absolute atomic E-state index is 12.2. The summed E-state index contributed by atoms with van der Waals surface area (Å²) in [6.45, 7) is 4.78. The fraction of sp³-hybridized carbons (Fsp3) is 0.333. The Morgan fingerprint density at radius 2 is 2.07 bits per heavy atom. The molecule has 1 heterocycles. The first kappa shape index (κ1) is 11.3. The van der Waals surface area contributed by atoms with Gasteiger partial charge >= 0.3 is 6.18 Å². The third-order valence-electron chi connectivity index (χ3n) is 1.81. The summed E-state index contributed by atoms with van der Waals surface area (Å²) in [5.41, 5.74) is 4.53. The molecule has 0 aliphatic carbocycles. The first-order chi connectivity index (χ1) is 6.32. The van der Waals surface area contributed by atoms with Gasteiger partial charge in [0.2, 0.25) is 0 Å². The average Bonchev–Trinajstić information content (AvgIpc) is 2.47. The topological polar surface area (TPSA) is 26.0 Å².